The molecule has 1 aromatic heterocycles. The van der Waals surface area contributed by atoms with E-state index in [0.717, 1.165) is 41.7 Å². The van der Waals surface area contributed by atoms with Gasteiger partial charge in [-0.05, 0) is 35.7 Å². The molecule has 3 fully saturated rings. The summed E-state index contributed by atoms with van der Waals surface area (Å²) in [6.07, 6.45) is 5.76. The molecule has 1 aromatic carbocycles. The molecule has 0 saturated carbocycles. The minimum absolute atomic E-state index is 0.261. The van der Waals surface area contributed by atoms with Crippen LogP contribution in [-0.2, 0) is 0 Å². The zero-order valence-corrected chi connectivity index (χ0v) is 14.1. The summed E-state index contributed by atoms with van der Waals surface area (Å²) in [7, 11) is 1.67. The van der Waals surface area contributed by atoms with Gasteiger partial charge in [0.25, 0.3) is 0 Å². The zero-order chi connectivity index (χ0) is 16.7. The Balaban J connectivity index is 1.69. The van der Waals surface area contributed by atoms with Crippen molar-refractivity contribution < 1.29 is 14.7 Å². The minimum atomic E-state index is -0.467. The Labute approximate surface area is 142 Å². The number of pyridine rings is 1. The normalized spacial score (nSPS) is 30.2. The molecule has 1 unspecified atom stereocenters. The van der Waals surface area contributed by atoms with Crippen LogP contribution in [0.25, 0.3) is 10.9 Å². The third-order valence-corrected chi connectivity index (χ3v) is 6.01. The Hall–Kier alpha value is -1.91. The number of fused-ring (bicyclic) bond motifs is 4. The maximum absolute atomic E-state index is 11.2. The number of hydrogen-bond donors (Lipinski definition) is 2. The van der Waals surface area contributed by atoms with Crippen LogP contribution in [0.2, 0.25) is 0 Å². The van der Waals surface area contributed by atoms with Gasteiger partial charge in [0.05, 0.1) is 25.7 Å². The van der Waals surface area contributed by atoms with Crippen molar-refractivity contribution in [3.63, 3.8) is 0 Å². The number of nitrogens with zero attached hydrogens (tertiary/aromatic N) is 1. The van der Waals surface area contributed by atoms with Crippen molar-refractivity contribution in [2.24, 2.45) is 11.8 Å². The number of benzene rings is 1. The van der Waals surface area contributed by atoms with E-state index in [0.29, 0.717) is 11.8 Å². The van der Waals surface area contributed by atoms with Crippen molar-refractivity contribution in [2.45, 2.75) is 25.0 Å². The quantitative estimate of drug-likeness (QED) is 0.842. The number of aromatic nitrogens is 1. The molecule has 0 spiro atoms. The standard InChI is InChI=1S/C20H24N2O2/c1-3-13-12-22-9-7-14(13)10-19(22)20(23)16-6-8-21-18-5-4-15(24-2)11-17(16)18/h3-6,8,11,13-14,19-20,23H,1,7,9-10,12H2,2H3/p+1/t13-,14-,19+,20+/m0/s1. The average Bonchev–Trinajstić information content (AvgIpc) is 2.66. The van der Waals surface area contributed by atoms with E-state index in [-0.39, 0.29) is 6.04 Å². The van der Waals surface area contributed by atoms with Crippen LogP contribution >= 0.6 is 0 Å². The summed E-state index contributed by atoms with van der Waals surface area (Å²) in [5.74, 6) is 2.07. The molecule has 0 radical (unpaired) electrons. The molecular formula is C20H25N2O2+. The van der Waals surface area contributed by atoms with Gasteiger partial charge in [-0.2, -0.15) is 0 Å². The molecule has 2 N–H and O–H groups in total. The van der Waals surface area contributed by atoms with E-state index in [2.05, 4.69) is 17.6 Å². The van der Waals surface area contributed by atoms with E-state index in [1.807, 2.05) is 24.3 Å². The molecule has 2 bridgehead atoms. The smallest absolute Gasteiger partial charge is 0.131 e. The highest BCUT2D eigenvalue weighted by atomic mass is 16.5. The summed E-state index contributed by atoms with van der Waals surface area (Å²) in [4.78, 5) is 5.95. The summed E-state index contributed by atoms with van der Waals surface area (Å²) >= 11 is 0. The number of aliphatic hydroxyl groups is 1. The van der Waals surface area contributed by atoms with E-state index < -0.39 is 6.10 Å². The number of methoxy groups -OCH3 is 1. The van der Waals surface area contributed by atoms with Crippen LogP contribution in [0.15, 0.2) is 43.1 Å². The summed E-state index contributed by atoms with van der Waals surface area (Å²) in [5.41, 5.74) is 1.88. The minimum Gasteiger partial charge on any atom is -0.497 e. The molecule has 4 heterocycles. The Morgan fingerprint density at radius 1 is 1.42 bits per heavy atom. The lowest BCUT2D eigenvalue weighted by Gasteiger charge is -2.47. The highest BCUT2D eigenvalue weighted by Gasteiger charge is 2.45. The molecule has 5 rings (SSSR count). The molecule has 3 aliphatic heterocycles. The van der Waals surface area contributed by atoms with Crippen LogP contribution in [-0.4, -0.2) is 36.3 Å². The second-order valence-corrected chi connectivity index (χ2v) is 7.13. The Bertz CT molecular complexity index is 760. The van der Waals surface area contributed by atoms with E-state index in [1.54, 1.807) is 13.3 Å². The lowest BCUT2D eigenvalue weighted by atomic mass is 9.73. The van der Waals surface area contributed by atoms with Gasteiger partial charge in [-0.15, -0.1) is 6.58 Å². The predicted molar refractivity (Wildman–Crippen MR) is 94.2 cm³/mol. The number of rotatable bonds is 4. The summed E-state index contributed by atoms with van der Waals surface area (Å²) < 4.78 is 5.35. The van der Waals surface area contributed by atoms with Gasteiger partial charge in [0.2, 0.25) is 0 Å². The first-order valence-corrected chi connectivity index (χ1v) is 8.79. The lowest BCUT2D eigenvalue weighted by molar-refractivity contribution is -0.949. The third kappa shape index (κ3) is 2.50. The van der Waals surface area contributed by atoms with Gasteiger partial charge in [-0.25, -0.2) is 0 Å². The zero-order valence-electron chi connectivity index (χ0n) is 14.1. The number of piperidine rings is 3. The van der Waals surface area contributed by atoms with Gasteiger partial charge in [0.1, 0.15) is 17.9 Å². The van der Waals surface area contributed by atoms with Crippen LogP contribution in [0.4, 0.5) is 0 Å². The van der Waals surface area contributed by atoms with Crippen molar-refractivity contribution >= 4 is 10.9 Å². The van der Waals surface area contributed by atoms with Gasteiger partial charge >= 0.3 is 0 Å². The van der Waals surface area contributed by atoms with Crippen LogP contribution in [0.5, 0.6) is 5.75 Å². The summed E-state index contributed by atoms with van der Waals surface area (Å²) in [5, 5.41) is 12.2. The van der Waals surface area contributed by atoms with Crippen molar-refractivity contribution in [3.8, 4) is 5.75 Å². The maximum atomic E-state index is 11.2. The van der Waals surface area contributed by atoms with Crippen LogP contribution in [0.3, 0.4) is 0 Å². The molecule has 5 atom stereocenters. The maximum Gasteiger partial charge on any atom is 0.131 e. The van der Waals surface area contributed by atoms with Crippen molar-refractivity contribution in [2.75, 3.05) is 20.2 Å². The second kappa shape index (κ2) is 6.19. The van der Waals surface area contributed by atoms with E-state index in [4.69, 9.17) is 4.74 Å². The van der Waals surface area contributed by atoms with Crippen molar-refractivity contribution in [1.82, 2.24) is 4.98 Å². The number of hydrogen-bond acceptors (Lipinski definition) is 3. The largest absolute Gasteiger partial charge is 0.497 e. The fourth-order valence-corrected chi connectivity index (χ4v) is 4.65. The molecule has 3 saturated heterocycles. The number of ether oxygens (including phenoxy) is 1. The van der Waals surface area contributed by atoms with Gasteiger partial charge in [0, 0.05) is 30.3 Å². The average molecular weight is 325 g/mol. The summed E-state index contributed by atoms with van der Waals surface area (Å²) in [6.45, 7) is 6.25. The fourth-order valence-electron chi connectivity index (χ4n) is 4.65. The number of nitrogens with one attached hydrogen (secondary N) is 1. The first-order valence-electron chi connectivity index (χ1n) is 8.79. The second-order valence-electron chi connectivity index (χ2n) is 7.13. The first-order chi connectivity index (χ1) is 11.7. The van der Waals surface area contributed by atoms with Crippen LogP contribution in [0.1, 0.15) is 24.5 Å². The topological polar surface area (TPSA) is 46.8 Å². The van der Waals surface area contributed by atoms with Gasteiger partial charge in [0.15, 0.2) is 0 Å². The van der Waals surface area contributed by atoms with Crippen molar-refractivity contribution in [1.29, 1.82) is 0 Å². The van der Waals surface area contributed by atoms with Gasteiger partial charge < -0.3 is 14.7 Å². The number of aliphatic hydroxyl groups excluding tert-OH is 1. The van der Waals surface area contributed by atoms with Gasteiger partial charge in [-0.3, -0.25) is 4.98 Å². The van der Waals surface area contributed by atoms with E-state index in [9.17, 15) is 5.11 Å². The molecule has 4 heteroatoms. The first kappa shape index (κ1) is 15.6. The van der Waals surface area contributed by atoms with Gasteiger partial charge in [-0.1, -0.05) is 6.08 Å². The third-order valence-electron chi connectivity index (χ3n) is 6.01. The molecule has 24 heavy (non-hydrogen) atoms. The molecule has 3 aliphatic rings. The lowest BCUT2D eigenvalue weighted by Crippen LogP contribution is -3.20. The Kier molecular flexibility index (Phi) is 4.02. The predicted octanol–water partition coefficient (Wildman–Crippen LogP) is 1.76. The van der Waals surface area contributed by atoms with E-state index >= 15 is 0 Å². The molecule has 0 aliphatic carbocycles. The van der Waals surface area contributed by atoms with Crippen LogP contribution in [0, 0.1) is 11.8 Å². The molecule has 0 amide bonds. The van der Waals surface area contributed by atoms with E-state index in [1.165, 1.54) is 11.3 Å². The van der Waals surface area contributed by atoms with Crippen LogP contribution < -0.4 is 9.64 Å². The van der Waals surface area contributed by atoms with Crippen molar-refractivity contribution in [3.05, 3.63) is 48.7 Å². The highest BCUT2D eigenvalue weighted by Crippen LogP contribution is 2.34. The SMILES string of the molecule is C=C[C@H]1C[NH+]2CC[C@H]1C[C@@H]2[C@H](O)c1ccnc2ccc(OC)cc12. The Morgan fingerprint density at radius 2 is 2.29 bits per heavy atom. The molecule has 126 valence electrons. The molecule has 4 nitrogen and oxygen atoms in total. The highest BCUT2D eigenvalue weighted by molar-refractivity contribution is 5.83. The molecular weight excluding hydrogens is 300 g/mol. The monoisotopic (exact) mass is 325 g/mol. The molecule has 2 aromatic rings. The summed E-state index contributed by atoms with van der Waals surface area (Å²) in [6, 6.07) is 8.08. The fraction of sp³-hybridized carbons (Fsp3) is 0.450. The Morgan fingerprint density at radius 3 is 3.00 bits per heavy atom. The number of quaternary nitrogens is 1.